The highest BCUT2D eigenvalue weighted by Crippen LogP contribution is 2.34. The molecule has 1 aliphatic rings. The summed E-state index contributed by atoms with van der Waals surface area (Å²) in [4.78, 5) is 44.4. The van der Waals surface area contributed by atoms with Crippen LogP contribution in [-0.2, 0) is 20.4 Å². The number of Topliss-reactive ketones (excluding diaryl/α,β-unsaturated/α-hetero) is 3. The molecular weight excluding hydrogens is 365 g/mol. The molecular formula is C18H15F3N2O4. The lowest BCUT2D eigenvalue weighted by atomic mass is 9.81. The van der Waals surface area contributed by atoms with Crippen LogP contribution in [0.15, 0.2) is 12.1 Å². The van der Waals surface area contributed by atoms with Gasteiger partial charge in [0.15, 0.2) is 28.7 Å². The van der Waals surface area contributed by atoms with Crippen molar-refractivity contribution in [3.8, 4) is 0 Å². The number of hydrogen-bond donors (Lipinski definition) is 0. The third-order valence-electron chi connectivity index (χ3n) is 4.48. The van der Waals surface area contributed by atoms with Crippen molar-refractivity contribution in [1.29, 1.82) is 0 Å². The van der Waals surface area contributed by atoms with Crippen molar-refractivity contribution in [2.24, 2.45) is 5.92 Å². The number of alkyl halides is 2. The van der Waals surface area contributed by atoms with Crippen molar-refractivity contribution < 1.29 is 32.3 Å². The number of hydrogen-bond acceptors (Lipinski definition) is 6. The van der Waals surface area contributed by atoms with E-state index in [1.807, 2.05) is 0 Å². The predicted molar refractivity (Wildman–Crippen MR) is 86.8 cm³/mol. The fourth-order valence-electron chi connectivity index (χ4n) is 3.03. The van der Waals surface area contributed by atoms with Gasteiger partial charge in [0.2, 0.25) is 0 Å². The van der Waals surface area contributed by atoms with E-state index < -0.39 is 46.5 Å². The number of rotatable bonds is 4. The zero-order chi connectivity index (χ0) is 19.9. The van der Waals surface area contributed by atoms with E-state index in [-0.39, 0.29) is 29.6 Å². The molecule has 0 radical (unpaired) electrons. The van der Waals surface area contributed by atoms with Gasteiger partial charge in [-0.3, -0.25) is 14.4 Å². The van der Waals surface area contributed by atoms with Crippen LogP contribution in [0.1, 0.15) is 41.0 Å². The number of aromatic nitrogens is 2. The first-order valence-corrected chi connectivity index (χ1v) is 8.16. The highest BCUT2D eigenvalue weighted by Gasteiger charge is 2.43. The van der Waals surface area contributed by atoms with Crippen molar-refractivity contribution >= 4 is 28.4 Å². The molecule has 27 heavy (non-hydrogen) atoms. The fourth-order valence-corrected chi connectivity index (χ4v) is 3.03. The number of carbonyl (C=O) groups is 3. The number of pyridine rings is 2. The number of halogens is 3. The molecule has 0 saturated heterocycles. The van der Waals surface area contributed by atoms with Gasteiger partial charge in [0, 0.05) is 25.3 Å². The van der Waals surface area contributed by atoms with Crippen LogP contribution < -0.4 is 0 Å². The van der Waals surface area contributed by atoms with Crippen LogP contribution in [0, 0.1) is 18.7 Å². The number of methoxy groups -OCH3 is 1. The molecule has 2 heterocycles. The minimum absolute atomic E-state index is 0.00666. The maximum atomic E-state index is 14.3. The van der Waals surface area contributed by atoms with Crippen molar-refractivity contribution in [3.63, 3.8) is 0 Å². The zero-order valence-electron chi connectivity index (χ0n) is 14.5. The third kappa shape index (κ3) is 3.34. The van der Waals surface area contributed by atoms with Crippen LogP contribution in [0.4, 0.5) is 13.2 Å². The van der Waals surface area contributed by atoms with E-state index in [0.29, 0.717) is 6.42 Å². The van der Waals surface area contributed by atoms with Gasteiger partial charge in [-0.15, -0.1) is 0 Å². The highest BCUT2D eigenvalue weighted by molar-refractivity contribution is 6.25. The summed E-state index contributed by atoms with van der Waals surface area (Å²) < 4.78 is 46.5. The Labute approximate surface area is 151 Å². The molecule has 0 atom stereocenters. The second-order valence-corrected chi connectivity index (χ2v) is 6.29. The number of fused-ring (bicyclic) bond motifs is 1. The third-order valence-corrected chi connectivity index (χ3v) is 4.48. The van der Waals surface area contributed by atoms with E-state index in [1.165, 1.54) is 6.92 Å². The molecule has 1 fully saturated rings. The number of carbonyl (C=O) groups excluding carboxylic acids is 3. The molecule has 0 unspecified atom stereocenters. The van der Waals surface area contributed by atoms with Gasteiger partial charge in [-0.25, -0.2) is 14.4 Å². The van der Waals surface area contributed by atoms with Crippen molar-refractivity contribution in [3.05, 3.63) is 34.9 Å². The van der Waals surface area contributed by atoms with Gasteiger partial charge in [0.05, 0.1) is 11.3 Å². The Bertz CT molecular complexity index is 959. The smallest absolute Gasteiger partial charge is 0.319 e. The molecule has 2 aromatic rings. The van der Waals surface area contributed by atoms with Crippen LogP contribution >= 0.6 is 0 Å². The number of aryl methyl sites for hydroxylation is 1. The Balaban J connectivity index is 2.24. The Kier molecular flexibility index (Phi) is 4.81. The molecule has 0 bridgehead atoms. The molecule has 0 aliphatic heterocycles. The van der Waals surface area contributed by atoms with Gasteiger partial charge >= 0.3 is 6.11 Å². The van der Waals surface area contributed by atoms with Gasteiger partial charge in [-0.05, 0) is 25.5 Å². The molecule has 1 aliphatic carbocycles. The quantitative estimate of drug-likeness (QED) is 0.599. The van der Waals surface area contributed by atoms with Crippen LogP contribution in [0.2, 0.25) is 0 Å². The van der Waals surface area contributed by atoms with E-state index in [1.54, 1.807) is 0 Å². The van der Waals surface area contributed by atoms with E-state index >= 15 is 0 Å². The lowest BCUT2D eigenvalue weighted by Crippen LogP contribution is -2.36. The summed E-state index contributed by atoms with van der Waals surface area (Å²) in [7, 11) is 0.723. The van der Waals surface area contributed by atoms with Gasteiger partial charge in [-0.2, -0.15) is 8.78 Å². The lowest BCUT2D eigenvalue weighted by molar-refractivity contribution is -0.234. The van der Waals surface area contributed by atoms with Gasteiger partial charge in [0.1, 0.15) is 11.7 Å². The Morgan fingerprint density at radius 3 is 2.41 bits per heavy atom. The van der Waals surface area contributed by atoms with Crippen LogP contribution in [0.25, 0.3) is 11.0 Å². The topological polar surface area (TPSA) is 86.2 Å². The molecule has 2 aromatic heterocycles. The summed E-state index contributed by atoms with van der Waals surface area (Å²) >= 11 is 0. The minimum atomic E-state index is -3.97. The average molecular weight is 380 g/mol. The monoisotopic (exact) mass is 380 g/mol. The molecule has 1 saturated carbocycles. The highest BCUT2D eigenvalue weighted by atomic mass is 19.3. The molecule has 0 spiro atoms. The molecule has 6 nitrogen and oxygen atoms in total. The second kappa shape index (κ2) is 6.80. The average Bonchev–Trinajstić information content (AvgIpc) is 2.61. The molecule has 9 heteroatoms. The van der Waals surface area contributed by atoms with Crippen LogP contribution in [0.5, 0.6) is 0 Å². The summed E-state index contributed by atoms with van der Waals surface area (Å²) in [6, 6.07) is 1.97. The molecule has 0 amide bonds. The Morgan fingerprint density at radius 1 is 1.19 bits per heavy atom. The number of nitrogens with zero attached hydrogens (tertiary/aromatic N) is 2. The molecule has 142 valence electrons. The van der Waals surface area contributed by atoms with Gasteiger partial charge in [-0.1, -0.05) is 0 Å². The van der Waals surface area contributed by atoms with E-state index in [0.717, 1.165) is 19.2 Å². The summed E-state index contributed by atoms with van der Waals surface area (Å²) in [5, 5.41) is -0.00666. The summed E-state index contributed by atoms with van der Waals surface area (Å²) in [6.07, 6.45) is -3.64. The first-order valence-electron chi connectivity index (χ1n) is 8.16. The first-order chi connectivity index (χ1) is 12.7. The maximum absolute atomic E-state index is 14.3. The second-order valence-electron chi connectivity index (χ2n) is 6.29. The summed E-state index contributed by atoms with van der Waals surface area (Å²) in [6.45, 7) is 1.34. The van der Waals surface area contributed by atoms with E-state index in [2.05, 4.69) is 14.7 Å². The number of ketones is 3. The van der Waals surface area contributed by atoms with Gasteiger partial charge < -0.3 is 4.74 Å². The van der Waals surface area contributed by atoms with Crippen LogP contribution in [0.3, 0.4) is 0 Å². The van der Waals surface area contributed by atoms with Crippen molar-refractivity contribution in [2.45, 2.75) is 32.3 Å². The summed E-state index contributed by atoms with van der Waals surface area (Å²) in [5.74, 6) is -4.72. The molecule has 0 aromatic carbocycles. The maximum Gasteiger partial charge on any atom is 0.400 e. The predicted octanol–water partition coefficient (Wildman–Crippen LogP) is 2.89. The first kappa shape index (κ1) is 19.1. The Hall–Kier alpha value is -2.68. The molecule has 3 rings (SSSR count). The van der Waals surface area contributed by atoms with Gasteiger partial charge in [0.25, 0.3) is 0 Å². The minimum Gasteiger partial charge on any atom is -0.319 e. The molecule has 0 N–H and O–H groups in total. The standard InChI is InChI=1S/C18H15F3N2O4/c1-8-11(19)7-9-6-10(15(26)14-12(24)4-3-5-13(14)25)16(18(20,21)27-2)23-17(9)22-8/h6-7,14H,3-5H2,1-2H3. The van der Waals surface area contributed by atoms with Crippen LogP contribution in [-0.4, -0.2) is 34.4 Å². The Morgan fingerprint density at radius 2 is 1.81 bits per heavy atom. The van der Waals surface area contributed by atoms with E-state index in [4.69, 9.17) is 0 Å². The largest absolute Gasteiger partial charge is 0.400 e. The zero-order valence-corrected chi connectivity index (χ0v) is 14.5. The fraction of sp³-hybridized carbons (Fsp3) is 0.389. The number of ether oxygens (including phenoxy) is 1. The summed E-state index contributed by atoms with van der Waals surface area (Å²) in [5.41, 5.74) is -1.99. The normalized spacial score (nSPS) is 16.2. The van der Waals surface area contributed by atoms with E-state index in [9.17, 15) is 27.6 Å². The van der Waals surface area contributed by atoms with Crippen molar-refractivity contribution in [1.82, 2.24) is 9.97 Å². The lowest BCUT2D eigenvalue weighted by Gasteiger charge is -2.21. The SMILES string of the molecule is COC(F)(F)c1nc2nc(C)c(F)cc2cc1C(=O)C1C(=O)CCCC1=O. The van der Waals surface area contributed by atoms with Crippen molar-refractivity contribution in [2.75, 3.05) is 7.11 Å².